The van der Waals surface area contributed by atoms with Crippen LogP contribution in [0.4, 0.5) is 4.79 Å². The summed E-state index contributed by atoms with van der Waals surface area (Å²) in [5.74, 6) is -1.03. The van der Waals surface area contributed by atoms with E-state index in [1.165, 1.54) is 7.11 Å². The van der Waals surface area contributed by atoms with E-state index in [9.17, 15) is 14.4 Å². The number of nitrogens with one attached hydrogen (secondary N) is 2. The van der Waals surface area contributed by atoms with Crippen LogP contribution in [-0.2, 0) is 20.7 Å². The third kappa shape index (κ3) is 3.43. The molecule has 0 saturated carbocycles. The van der Waals surface area contributed by atoms with Crippen LogP contribution in [-0.4, -0.2) is 42.1 Å². The first-order chi connectivity index (χ1) is 10.5. The summed E-state index contributed by atoms with van der Waals surface area (Å²) in [5.41, 5.74) is 2.28. The van der Waals surface area contributed by atoms with Gasteiger partial charge in [-0.3, -0.25) is 15.0 Å². The predicted molar refractivity (Wildman–Crippen MR) is 78.6 cm³/mol. The molecule has 118 valence electrons. The molecule has 1 unspecified atom stereocenters. The SMILES string of the molecule is COCC(=O)NN1C(=O)NC(C)(CCc2ccccc2)C1=O. The molecular formula is C15H19N3O4. The second-order valence-corrected chi connectivity index (χ2v) is 5.36. The summed E-state index contributed by atoms with van der Waals surface area (Å²) in [6.07, 6.45) is 1.08. The number of nitrogens with zero attached hydrogens (tertiary/aromatic N) is 1. The summed E-state index contributed by atoms with van der Waals surface area (Å²) in [5, 5.41) is 3.34. The minimum atomic E-state index is -1.03. The van der Waals surface area contributed by atoms with Gasteiger partial charge in [0.1, 0.15) is 12.1 Å². The highest BCUT2D eigenvalue weighted by atomic mass is 16.5. The van der Waals surface area contributed by atoms with Crippen molar-refractivity contribution < 1.29 is 19.1 Å². The molecular weight excluding hydrogens is 286 g/mol. The molecule has 1 fully saturated rings. The van der Waals surface area contributed by atoms with Crippen molar-refractivity contribution in [2.45, 2.75) is 25.3 Å². The van der Waals surface area contributed by atoms with Gasteiger partial charge in [-0.15, -0.1) is 0 Å². The number of carbonyl (C=O) groups is 3. The lowest BCUT2D eigenvalue weighted by atomic mass is 9.93. The van der Waals surface area contributed by atoms with Gasteiger partial charge in [0.05, 0.1) is 0 Å². The first kappa shape index (κ1) is 16.0. The molecule has 0 aromatic heterocycles. The van der Waals surface area contributed by atoms with E-state index >= 15 is 0 Å². The van der Waals surface area contributed by atoms with Crippen LogP contribution >= 0.6 is 0 Å². The van der Waals surface area contributed by atoms with Gasteiger partial charge in [0.25, 0.3) is 11.8 Å². The number of imide groups is 1. The van der Waals surface area contributed by atoms with Crippen molar-refractivity contribution in [3.05, 3.63) is 35.9 Å². The molecule has 1 heterocycles. The average Bonchev–Trinajstić information content (AvgIpc) is 2.71. The molecule has 7 heteroatoms. The van der Waals surface area contributed by atoms with Gasteiger partial charge >= 0.3 is 6.03 Å². The number of methoxy groups -OCH3 is 1. The Kier molecular flexibility index (Phi) is 4.77. The van der Waals surface area contributed by atoms with E-state index < -0.39 is 23.4 Å². The van der Waals surface area contributed by atoms with Crippen LogP contribution in [0.15, 0.2) is 30.3 Å². The molecule has 1 aliphatic heterocycles. The van der Waals surface area contributed by atoms with Crippen LogP contribution in [0.3, 0.4) is 0 Å². The topological polar surface area (TPSA) is 87.7 Å². The molecule has 1 aliphatic rings. The minimum absolute atomic E-state index is 0.224. The molecule has 1 atom stereocenters. The number of benzene rings is 1. The van der Waals surface area contributed by atoms with Crippen molar-refractivity contribution in [2.24, 2.45) is 0 Å². The average molecular weight is 305 g/mol. The van der Waals surface area contributed by atoms with Gasteiger partial charge in [0.15, 0.2) is 0 Å². The molecule has 7 nitrogen and oxygen atoms in total. The fraction of sp³-hybridized carbons (Fsp3) is 0.400. The first-order valence-corrected chi connectivity index (χ1v) is 6.95. The van der Waals surface area contributed by atoms with Gasteiger partial charge in [-0.1, -0.05) is 30.3 Å². The normalized spacial score (nSPS) is 20.9. The van der Waals surface area contributed by atoms with Crippen molar-refractivity contribution in [3.8, 4) is 0 Å². The minimum Gasteiger partial charge on any atom is -0.375 e. The van der Waals surface area contributed by atoms with Crippen LogP contribution in [0.5, 0.6) is 0 Å². The fourth-order valence-electron chi connectivity index (χ4n) is 2.28. The van der Waals surface area contributed by atoms with Crippen molar-refractivity contribution in [3.63, 3.8) is 0 Å². The molecule has 4 amide bonds. The molecule has 2 rings (SSSR count). The van der Waals surface area contributed by atoms with Crippen LogP contribution < -0.4 is 10.7 Å². The van der Waals surface area contributed by atoms with E-state index in [4.69, 9.17) is 0 Å². The lowest BCUT2D eigenvalue weighted by Gasteiger charge is -2.21. The fourth-order valence-corrected chi connectivity index (χ4v) is 2.28. The van der Waals surface area contributed by atoms with E-state index in [2.05, 4.69) is 15.5 Å². The lowest BCUT2D eigenvalue weighted by molar-refractivity contribution is -0.140. The highest BCUT2D eigenvalue weighted by Gasteiger charge is 2.48. The van der Waals surface area contributed by atoms with E-state index in [1.807, 2.05) is 30.3 Å². The molecule has 0 aliphatic carbocycles. The van der Waals surface area contributed by atoms with Crippen LogP contribution in [0.25, 0.3) is 0 Å². The third-order valence-electron chi connectivity index (χ3n) is 3.53. The summed E-state index contributed by atoms with van der Waals surface area (Å²) in [6, 6.07) is 9.05. The van der Waals surface area contributed by atoms with Gasteiger partial charge in [0.2, 0.25) is 0 Å². The predicted octanol–water partition coefficient (Wildman–Crippen LogP) is 0.607. The monoisotopic (exact) mass is 305 g/mol. The number of rotatable bonds is 6. The summed E-state index contributed by atoms with van der Waals surface area (Å²) in [4.78, 5) is 35.7. The Morgan fingerprint density at radius 2 is 2.00 bits per heavy atom. The van der Waals surface area contributed by atoms with Gasteiger partial charge in [-0.25, -0.2) is 4.79 Å². The van der Waals surface area contributed by atoms with Gasteiger partial charge in [-0.2, -0.15) is 5.01 Å². The summed E-state index contributed by atoms with van der Waals surface area (Å²) < 4.78 is 4.66. The molecule has 2 N–H and O–H groups in total. The molecule has 0 bridgehead atoms. The molecule has 0 spiro atoms. The molecule has 1 aromatic rings. The Morgan fingerprint density at radius 3 is 2.64 bits per heavy atom. The smallest absolute Gasteiger partial charge is 0.344 e. The Labute approximate surface area is 128 Å². The zero-order valence-corrected chi connectivity index (χ0v) is 12.6. The maximum atomic E-state index is 12.4. The Bertz CT molecular complexity index is 575. The number of hydrazine groups is 1. The highest BCUT2D eigenvalue weighted by molar-refractivity contribution is 6.07. The zero-order chi connectivity index (χ0) is 16.2. The molecule has 1 saturated heterocycles. The number of hydrogen-bond acceptors (Lipinski definition) is 4. The highest BCUT2D eigenvalue weighted by Crippen LogP contribution is 2.22. The number of carbonyl (C=O) groups excluding carboxylic acids is 3. The summed E-state index contributed by atoms with van der Waals surface area (Å²) >= 11 is 0. The van der Waals surface area contributed by atoms with E-state index in [1.54, 1.807) is 6.92 Å². The summed E-state index contributed by atoms with van der Waals surface area (Å²) in [7, 11) is 1.36. The number of amides is 4. The van der Waals surface area contributed by atoms with Crippen LogP contribution in [0, 0.1) is 0 Å². The maximum absolute atomic E-state index is 12.4. The Morgan fingerprint density at radius 1 is 1.32 bits per heavy atom. The number of hydrogen-bond donors (Lipinski definition) is 2. The van der Waals surface area contributed by atoms with Crippen molar-refractivity contribution >= 4 is 17.8 Å². The quantitative estimate of drug-likeness (QED) is 0.754. The standard InChI is InChI=1S/C15H19N3O4/c1-15(9-8-11-6-4-3-5-7-11)13(20)18(14(21)16-15)17-12(19)10-22-2/h3-7H,8-10H2,1-2H3,(H,16,21)(H,17,19). The van der Waals surface area contributed by atoms with Crippen LogP contribution in [0.1, 0.15) is 18.9 Å². The van der Waals surface area contributed by atoms with Crippen LogP contribution in [0.2, 0.25) is 0 Å². The first-order valence-electron chi connectivity index (χ1n) is 6.95. The maximum Gasteiger partial charge on any atom is 0.344 e. The Balaban J connectivity index is 2.01. The number of aryl methyl sites for hydroxylation is 1. The van der Waals surface area contributed by atoms with Crippen molar-refractivity contribution in [1.82, 2.24) is 15.8 Å². The number of ether oxygens (including phenoxy) is 1. The van der Waals surface area contributed by atoms with Gasteiger partial charge in [0, 0.05) is 7.11 Å². The van der Waals surface area contributed by atoms with Crippen molar-refractivity contribution in [1.29, 1.82) is 0 Å². The largest absolute Gasteiger partial charge is 0.375 e. The van der Waals surface area contributed by atoms with E-state index in [-0.39, 0.29) is 6.61 Å². The molecule has 1 aromatic carbocycles. The summed E-state index contributed by atoms with van der Waals surface area (Å²) in [6.45, 7) is 1.43. The number of urea groups is 1. The lowest BCUT2D eigenvalue weighted by Crippen LogP contribution is -2.49. The van der Waals surface area contributed by atoms with Gasteiger partial charge < -0.3 is 10.1 Å². The van der Waals surface area contributed by atoms with Gasteiger partial charge in [-0.05, 0) is 25.3 Å². The zero-order valence-electron chi connectivity index (χ0n) is 12.6. The Hall–Kier alpha value is -2.41. The molecule has 0 radical (unpaired) electrons. The third-order valence-corrected chi connectivity index (χ3v) is 3.53. The second kappa shape index (κ2) is 6.57. The van der Waals surface area contributed by atoms with E-state index in [0.717, 1.165) is 5.56 Å². The second-order valence-electron chi connectivity index (χ2n) is 5.36. The van der Waals surface area contributed by atoms with E-state index in [0.29, 0.717) is 17.9 Å². The van der Waals surface area contributed by atoms with Crippen molar-refractivity contribution in [2.75, 3.05) is 13.7 Å². The molecule has 22 heavy (non-hydrogen) atoms.